The first-order chi connectivity index (χ1) is 12.1. The largest absolute Gasteiger partial charge is 0.377 e. The lowest BCUT2D eigenvalue weighted by atomic mass is 10.7. The standard InChI is InChI=1S/C12H24N2O11/c15-13(16)24-11-9-22-7-5-20-3-1-19-2-4-21-6-8-23-10-12-25-14(17)18/h1-12H2. The average molecular weight is 372 g/mol. The van der Waals surface area contributed by atoms with E-state index in [2.05, 4.69) is 9.68 Å². The maximum absolute atomic E-state index is 9.84. The van der Waals surface area contributed by atoms with Crippen LogP contribution < -0.4 is 0 Å². The molecule has 0 aromatic rings. The molecule has 13 heteroatoms. The molecule has 0 N–H and O–H groups in total. The van der Waals surface area contributed by atoms with Gasteiger partial charge in [0.25, 0.3) is 10.2 Å². The van der Waals surface area contributed by atoms with E-state index in [1.807, 2.05) is 0 Å². The zero-order chi connectivity index (χ0) is 18.6. The summed E-state index contributed by atoms with van der Waals surface area (Å²) in [4.78, 5) is 27.8. The summed E-state index contributed by atoms with van der Waals surface area (Å²) in [5, 5.41) is 17.9. The predicted octanol–water partition coefficient (Wildman–Crippen LogP) is -0.514. The third-order valence-electron chi connectivity index (χ3n) is 2.34. The molecule has 0 rings (SSSR count). The Bertz CT molecular complexity index is 302. The summed E-state index contributed by atoms with van der Waals surface area (Å²) in [7, 11) is 0. The van der Waals surface area contributed by atoms with Gasteiger partial charge in [-0.2, -0.15) is 0 Å². The van der Waals surface area contributed by atoms with Crippen molar-refractivity contribution < 1.29 is 43.5 Å². The van der Waals surface area contributed by atoms with Gasteiger partial charge in [-0.05, 0) is 0 Å². The maximum atomic E-state index is 9.84. The lowest BCUT2D eigenvalue weighted by Gasteiger charge is -2.07. The van der Waals surface area contributed by atoms with Crippen LogP contribution in [0, 0.1) is 20.2 Å². The lowest BCUT2D eigenvalue weighted by Crippen LogP contribution is -2.15. The second-order valence-corrected chi connectivity index (χ2v) is 4.18. The van der Waals surface area contributed by atoms with E-state index in [-0.39, 0.29) is 26.4 Å². The van der Waals surface area contributed by atoms with Crippen LogP contribution in [-0.2, 0) is 33.4 Å². The van der Waals surface area contributed by atoms with Crippen LogP contribution in [0.3, 0.4) is 0 Å². The van der Waals surface area contributed by atoms with Crippen molar-refractivity contribution in [1.29, 1.82) is 0 Å². The smallest absolute Gasteiger partial charge is 0.294 e. The highest BCUT2D eigenvalue weighted by atomic mass is 17.0. The Hall–Kier alpha value is -1.80. The molecule has 0 fully saturated rings. The van der Waals surface area contributed by atoms with Crippen LogP contribution in [0.25, 0.3) is 0 Å². The Morgan fingerprint density at radius 3 is 0.840 bits per heavy atom. The van der Waals surface area contributed by atoms with Crippen molar-refractivity contribution in [2.24, 2.45) is 0 Å². The summed E-state index contributed by atoms with van der Waals surface area (Å²) in [6, 6.07) is 0. The van der Waals surface area contributed by atoms with E-state index in [0.717, 1.165) is 0 Å². The van der Waals surface area contributed by atoms with Crippen LogP contribution in [0.5, 0.6) is 0 Å². The van der Waals surface area contributed by atoms with Gasteiger partial charge in [-0.15, -0.1) is 20.2 Å². The Labute approximate surface area is 144 Å². The van der Waals surface area contributed by atoms with Crippen LogP contribution >= 0.6 is 0 Å². The zero-order valence-corrected chi connectivity index (χ0v) is 13.9. The van der Waals surface area contributed by atoms with Crippen molar-refractivity contribution in [3.8, 4) is 0 Å². The normalized spacial score (nSPS) is 10.6. The molecule has 25 heavy (non-hydrogen) atoms. The van der Waals surface area contributed by atoms with Gasteiger partial charge in [0, 0.05) is 0 Å². The number of ether oxygens (including phenoxy) is 5. The maximum Gasteiger partial charge on any atom is 0.294 e. The first-order valence-corrected chi connectivity index (χ1v) is 7.56. The van der Waals surface area contributed by atoms with E-state index in [0.29, 0.717) is 52.9 Å². The number of nitrogens with zero attached hydrogens (tertiary/aromatic N) is 2. The molecule has 0 bridgehead atoms. The highest BCUT2D eigenvalue weighted by molar-refractivity contribution is 4.36. The van der Waals surface area contributed by atoms with E-state index < -0.39 is 10.2 Å². The number of hydrogen-bond donors (Lipinski definition) is 0. The molecule has 0 aliphatic carbocycles. The molecule has 0 saturated heterocycles. The molecule has 0 spiro atoms. The van der Waals surface area contributed by atoms with Gasteiger partial charge in [0.15, 0.2) is 0 Å². The molecule has 0 unspecified atom stereocenters. The summed E-state index contributed by atoms with van der Waals surface area (Å²) in [5.74, 6) is 0. The third-order valence-corrected chi connectivity index (χ3v) is 2.34. The average Bonchev–Trinajstić information content (AvgIpc) is 2.56. The highest BCUT2D eigenvalue weighted by Crippen LogP contribution is 1.85. The first-order valence-electron chi connectivity index (χ1n) is 7.56. The van der Waals surface area contributed by atoms with E-state index >= 15 is 0 Å². The van der Waals surface area contributed by atoms with Crippen molar-refractivity contribution in [2.75, 3.05) is 79.3 Å². The summed E-state index contributed by atoms with van der Waals surface area (Å²) in [6.45, 7) is 3.00. The van der Waals surface area contributed by atoms with Crippen LogP contribution in [-0.4, -0.2) is 89.5 Å². The Morgan fingerprint density at radius 1 is 0.440 bits per heavy atom. The summed E-state index contributed by atoms with van der Waals surface area (Å²) in [5.41, 5.74) is 0. The van der Waals surface area contributed by atoms with Crippen LogP contribution in [0.1, 0.15) is 0 Å². The van der Waals surface area contributed by atoms with E-state index in [1.54, 1.807) is 0 Å². The van der Waals surface area contributed by atoms with Crippen molar-refractivity contribution >= 4 is 0 Å². The van der Waals surface area contributed by atoms with Crippen molar-refractivity contribution in [2.45, 2.75) is 0 Å². The van der Waals surface area contributed by atoms with Crippen molar-refractivity contribution in [3.63, 3.8) is 0 Å². The minimum Gasteiger partial charge on any atom is -0.377 e. The Kier molecular flexibility index (Phi) is 17.2. The molecule has 148 valence electrons. The molecule has 0 atom stereocenters. The van der Waals surface area contributed by atoms with Crippen LogP contribution in [0.4, 0.5) is 0 Å². The molecular formula is C12H24N2O11. The summed E-state index contributed by atoms with van der Waals surface area (Å²) >= 11 is 0. The molecule has 0 heterocycles. The predicted molar refractivity (Wildman–Crippen MR) is 80.0 cm³/mol. The summed E-state index contributed by atoms with van der Waals surface area (Å²) < 4.78 is 25.8. The Balaban J connectivity index is 3.00. The monoisotopic (exact) mass is 372 g/mol. The quantitative estimate of drug-likeness (QED) is 0.154. The second-order valence-electron chi connectivity index (χ2n) is 4.18. The molecular weight excluding hydrogens is 348 g/mol. The van der Waals surface area contributed by atoms with Gasteiger partial charge in [-0.25, -0.2) is 0 Å². The lowest BCUT2D eigenvalue weighted by molar-refractivity contribution is -0.758. The highest BCUT2D eigenvalue weighted by Gasteiger charge is 1.96. The van der Waals surface area contributed by atoms with Gasteiger partial charge in [0.1, 0.15) is 13.2 Å². The fraction of sp³-hybridized carbons (Fsp3) is 1.00. The molecule has 0 radical (unpaired) electrons. The van der Waals surface area contributed by atoms with Gasteiger partial charge < -0.3 is 33.4 Å². The van der Waals surface area contributed by atoms with E-state index in [1.165, 1.54) is 0 Å². The molecule has 0 saturated carbocycles. The number of rotatable bonds is 20. The van der Waals surface area contributed by atoms with E-state index in [9.17, 15) is 20.2 Å². The first kappa shape index (κ1) is 23.2. The summed E-state index contributed by atoms with van der Waals surface area (Å²) in [6.07, 6.45) is 0. The van der Waals surface area contributed by atoms with Gasteiger partial charge in [0.2, 0.25) is 0 Å². The topological polar surface area (TPSA) is 151 Å². The van der Waals surface area contributed by atoms with E-state index in [4.69, 9.17) is 23.7 Å². The van der Waals surface area contributed by atoms with Crippen LogP contribution in [0.2, 0.25) is 0 Å². The minimum atomic E-state index is -0.872. The molecule has 0 aliphatic rings. The van der Waals surface area contributed by atoms with Gasteiger partial charge in [-0.1, -0.05) is 0 Å². The van der Waals surface area contributed by atoms with Crippen LogP contribution in [0.15, 0.2) is 0 Å². The van der Waals surface area contributed by atoms with Gasteiger partial charge >= 0.3 is 0 Å². The molecule has 0 aliphatic heterocycles. The fourth-order valence-corrected chi connectivity index (χ4v) is 1.32. The van der Waals surface area contributed by atoms with Gasteiger partial charge in [0.05, 0.1) is 66.1 Å². The fourth-order valence-electron chi connectivity index (χ4n) is 1.32. The van der Waals surface area contributed by atoms with Crippen molar-refractivity contribution in [3.05, 3.63) is 20.2 Å². The zero-order valence-electron chi connectivity index (χ0n) is 13.9. The Morgan fingerprint density at radius 2 is 0.640 bits per heavy atom. The minimum absolute atomic E-state index is 0.103. The second kappa shape index (κ2) is 18.5. The molecule has 0 amide bonds. The third kappa shape index (κ3) is 22.2. The number of hydrogen-bond acceptors (Lipinski definition) is 11. The SMILES string of the molecule is O=[N+]([O-])OCCOCCOCCOCCOCCOCCO[N+](=O)[O-]. The van der Waals surface area contributed by atoms with Crippen molar-refractivity contribution in [1.82, 2.24) is 0 Å². The molecule has 0 aromatic carbocycles. The van der Waals surface area contributed by atoms with Gasteiger partial charge in [-0.3, -0.25) is 0 Å². The molecule has 13 nitrogen and oxygen atoms in total. The molecule has 0 aromatic heterocycles.